The van der Waals surface area contributed by atoms with Crippen molar-refractivity contribution >= 4 is 5.91 Å². The number of carbonyl (C=O) groups is 1. The Labute approximate surface area is 149 Å². The second-order valence-electron chi connectivity index (χ2n) is 6.67. The van der Waals surface area contributed by atoms with E-state index in [1.807, 2.05) is 50.4 Å². The first-order valence-corrected chi connectivity index (χ1v) is 8.52. The predicted molar refractivity (Wildman–Crippen MR) is 103 cm³/mol. The summed E-state index contributed by atoms with van der Waals surface area (Å²) in [7, 11) is 1.84. The van der Waals surface area contributed by atoms with E-state index >= 15 is 0 Å². The molecule has 3 nitrogen and oxygen atoms in total. The molecule has 0 fully saturated rings. The highest BCUT2D eigenvalue weighted by atomic mass is 16.2. The highest BCUT2D eigenvalue weighted by Crippen LogP contribution is 2.25. The Morgan fingerprint density at radius 3 is 2.36 bits per heavy atom. The van der Waals surface area contributed by atoms with E-state index in [-0.39, 0.29) is 5.91 Å². The number of benzene rings is 2. The quantitative estimate of drug-likeness (QED) is 0.726. The van der Waals surface area contributed by atoms with E-state index in [0.717, 1.165) is 28.1 Å². The molecule has 0 bridgehead atoms. The van der Waals surface area contributed by atoms with E-state index in [0.29, 0.717) is 6.54 Å². The van der Waals surface area contributed by atoms with Crippen molar-refractivity contribution < 1.29 is 4.79 Å². The number of nitrogens with zero attached hydrogens (tertiary/aromatic N) is 1. The Bertz CT molecular complexity index is 894. The summed E-state index contributed by atoms with van der Waals surface area (Å²) in [5.41, 5.74) is 7.36. The zero-order chi connectivity index (χ0) is 18.0. The van der Waals surface area contributed by atoms with Gasteiger partial charge in [0.15, 0.2) is 0 Å². The van der Waals surface area contributed by atoms with Crippen LogP contribution < -0.4 is 0 Å². The molecule has 3 heteroatoms. The van der Waals surface area contributed by atoms with Crippen LogP contribution in [0, 0.1) is 20.8 Å². The van der Waals surface area contributed by atoms with Crippen molar-refractivity contribution in [1.29, 1.82) is 0 Å². The monoisotopic (exact) mass is 332 g/mol. The zero-order valence-corrected chi connectivity index (χ0v) is 15.3. The number of H-pyrrole nitrogens is 1. The molecule has 25 heavy (non-hydrogen) atoms. The van der Waals surface area contributed by atoms with Crippen molar-refractivity contribution in [2.24, 2.45) is 0 Å². The number of hydrogen-bond donors (Lipinski definition) is 1. The number of aromatic nitrogens is 1. The molecule has 0 atom stereocenters. The van der Waals surface area contributed by atoms with Gasteiger partial charge in [0.25, 0.3) is 5.91 Å². The molecule has 3 aromatic rings. The number of carbonyl (C=O) groups excluding carboxylic acids is 1. The van der Waals surface area contributed by atoms with Gasteiger partial charge in [0.05, 0.1) is 5.56 Å². The lowest BCUT2D eigenvalue weighted by Crippen LogP contribution is -2.26. The second-order valence-corrected chi connectivity index (χ2v) is 6.67. The van der Waals surface area contributed by atoms with Crippen LogP contribution in [0.15, 0.2) is 54.6 Å². The van der Waals surface area contributed by atoms with Crippen LogP contribution in [-0.4, -0.2) is 22.8 Å². The number of hydrogen-bond acceptors (Lipinski definition) is 1. The summed E-state index contributed by atoms with van der Waals surface area (Å²) < 4.78 is 0. The van der Waals surface area contributed by atoms with E-state index in [4.69, 9.17) is 0 Å². The van der Waals surface area contributed by atoms with Crippen LogP contribution in [0.4, 0.5) is 0 Å². The zero-order valence-electron chi connectivity index (χ0n) is 15.3. The Kier molecular flexibility index (Phi) is 4.75. The summed E-state index contributed by atoms with van der Waals surface area (Å²) in [4.78, 5) is 18.0. The highest BCUT2D eigenvalue weighted by Gasteiger charge is 2.17. The predicted octanol–water partition coefficient (Wildman–Crippen LogP) is 4.88. The van der Waals surface area contributed by atoms with Crippen LogP contribution >= 0.6 is 0 Å². The fraction of sp³-hybridized carbons (Fsp3) is 0.227. The number of amides is 1. The lowest BCUT2D eigenvalue weighted by atomic mass is 10.0. The molecule has 0 aliphatic heterocycles. The van der Waals surface area contributed by atoms with E-state index in [1.165, 1.54) is 11.1 Å². The molecule has 128 valence electrons. The minimum Gasteiger partial charge on any atom is -0.358 e. The first kappa shape index (κ1) is 17.0. The topological polar surface area (TPSA) is 36.1 Å². The van der Waals surface area contributed by atoms with Crippen LogP contribution in [0.3, 0.4) is 0 Å². The summed E-state index contributed by atoms with van der Waals surface area (Å²) in [6, 6.07) is 18.4. The van der Waals surface area contributed by atoms with Crippen molar-refractivity contribution in [3.8, 4) is 11.3 Å². The van der Waals surface area contributed by atoms with Gasteiger partial charge in [-0.3, -0.25) is 4.79 Å². The lowest BCUT2D eigenvalue weighted by Gasteiger charge is -2.17. The average molecular weight is 332 g/mol. The third-order valence-corrected chi connectivity index (χ3v) is 4.67. The lowest BCUT2D eigenvalue weighted by molar-refractivity contribution is 0.0784. The van der Waals surface area contributed by atoms with Gasteiger partial charge >= 0.3 is 0 Å². The molecule has 1 amide bonds. The van der Waals surface area contributed by atoms with Crippen molar-refractivity contribution in [2.75, 3.05) is 7.05 Å². The maximum atomic E-state index is 12.8. The SMILES string of the molecule is Cc1ccc(-c2cc(C(=O)N(C)Cc3ccccc3)c(C)[nH]2)cc1C. The molecule has 2 aromatic carbocycles. The maximum absolute atomic E-state index is 12.8. The molecule has 0 saturated heterocycles. The summed E-state index contributed by atoms with van der Waals surface area (Å²) >= 11 is 0. The van der Waals surface area contributed by atoms with Crippen molar-refractivity contribution in [2.45, 2.75) is 27.3 Å². The molecule has 1 aromatic heterocycles. The molecular formula is C22H24N2O. The third-order valence-electron chi connectivity index (χ3n) is 4.67. The van der Waals surface area contributed by atoms with E-state index < -0.39 is 0 Å². The molecule has 0 aliphatic carbocycles. The minimum absolute atomic E-state index is 0.0349. The second kappa shape index (κ2) is 6.98. The Balaban J connectivity index is 1.84. The first-order valence-electron chi connectivity index (χ1n) is 8.52. The molecule has 0 spiro atoms. The van der Waals surface area contributed by atoms with Gasteiger partial charge < -0.3 is 9.88 Å². The number of nitrogens with one attached hydrogen (secondary N) is 1. The normalized spacial score (nSPS) is 10.7. The standard InChI is InChI=1S/C22H24N2O/c1-15-10-11-19(12-16(15)2)21-13-20(17(3)23-21)22(25)24(4)14-18-8-6-5-7-9-18/h5-13,23H,14H2,1-4H3. The van der Waals surface area contributed by atoms with Crippen molar-refractivity contribution in [3.05, 3.63) is 82.5 Å². The van der Waals surface area contributed by atoms with E-state index in [1.54, 1.807) is 4.90 Å². The molecular weight excluding hydrogens is 308 g/mol. The third kappa shape index (κ3) is 3.66. The Morgan fingerprint density at radius 2 is 1.68 bits per heavy atom. The van der Waals surface area contributed by atoms with Gasteiger partial charge in [-0.25, -0.2) is 0 Å². The molecule has 0 aliphatic rings. The molecule has 0 radical (unpaired) electrons. The van der Waals surface area contributed by atoms with Crippen LogP contribution in [0.25, 0.3) is 11.3 Å². The van der Waals surface area contributed by atoms with Gasteiger partial charge in [-0.15, -0.1) is 0 Å². The van der Waals surface area contributed by atoms with Crippen molar-refractivity contribution in [3.63, 3.8) is 0 Å². The molecule has 1 N–H and O–H groups in total. The first-order chi connectivity index (χ1) is 12.0. The van der Waals surface area contributed by atoms with E-state index in [2.05, 4.69) is 37.0 Å². The van der Waals surface area contributed by atoms with Crippen LogP contribution in [0.1, 0.15) is 32.7 Å². The Morgan fingerprint density at radius 1 is 0.960 bits per heavy atom. The van der Waals surface area contributed by atoms with Gasteiger partial charge in [0, 0.05) is 25.0 Å². The Hall–Kier alpha value is -2.81. The fourth-order valence-electron chi connectivity index (χ4n) is 2.98. The van der Waals surface area contributed by atoms with Crippen LogP contribution in [0.5, 0.6) is 0 Å². The van der Waals surface area contributed by atoms with Gasteiger partial charge in [0.2, 0.25) is 0 Å². The average Bonchev–Trinajstić information content (AvgIpc) is 2.99. The van der Waals surface area contributed by atoms with Crippen molar-refractivity contribution in [1.82, 2.24) is 9.88 Å². The smallest absolute Gasteiger partial charge is 0.255 e. The summed E-state index contributed by atoms with van der Waals surface area (Å²) in [5.74, 6) is 0.0349. The highest BCUT2D eigenvalue weighted by molar-refractivity contribution is 5.96. The van der Waals surface area contributed by atoms with Gasteiger partial charge in [-0.2, -0.15) is 0 Å². The van der Waals surface area contributed by atoms with Gasteiger partial charge in [-0.1, -0.05) is 42.5 Å². The maximum Gasteiger partial charge on any atom is 0.255 e. The number of rotatable bonds is 4. The largest absolute Gasteiger partial charge is 0.358 e. The van der Waals surface area contributed by atoms with Crippen LogP contribution in [-0.2, 0) is 6.54 Å². The molecule has 0 unspecified atom stereocenters. The number of aromatic amines is 1. The van der Waals surface area contributed by atoms with Crippen LogP contribution in [0.2, 0.25) is 0 Å². The van der Waals surface area contributed by atoms with E-state index in [9.17, 15) is 4.79 Å². The molecule has 1 heterocycles. The van der Waals surface area contributed by atoms with Gasteiger partial charge in [0.1, 0.15) is 0 Å². The fourth-order valence-corrected chi connectivity index (χ4v) is 2.98. The minimum atomic E-state index is 0.0349. The summed E-state index contributed by atoms with van der Waals surface area (Å²) in [5, 5.41) is 0. The van der Waals surface area contributed by atoms with Gasteiger partial charge in [-0.05, 0) is 55.2 Å². The molecule has 3 rings (SSSR count). The number of aryl methyl sites for hydroxylation is 3. The summed E-state index contributed by atoms with van der Waals surface area (Å²) in [6.07, 6.45) is 0. The summed E-state index contributed by atoms with van der Waals surface area (Å²) in [6.45, 7) is 6.76. The molecule has 0 saturated carbocycles.